The number of benzene rings is 1. The highest BCUT2D eigenvalue weighted by Crippen LogP contribution is 2.19. The van der Waals surface area contributed by atoms with E-state index in [1.165, 1.54) is 0 Å². The van der Waals surface area contributed by atoms with Crippen LogP contribution in [0.15, 0.2) is 23.0 Å². The molecule has 3 N–H and O–H groups in total. The fourth-order valence-corrected chi connectivity index (χ4v) is 2.23. The van der Waals surface area contributed by atoms with Crippen LogP contribution in [0, 0.1) is 5.92 Å². The van der Waals surface area contributed by atoms with Gasteiger partial charge in [-0.3, -0.25) is 0 Å². The van der Waals surface area contributed by atoms with Gasteiger partial charge in [0.2, 0.25) is 0 Å². The topological polar surface area (TPSA) is 63.9 Å². The van der Waals surface area contributed by atoms with Crippen molar-refractivity contribution in [3.8, 4) is 0 Å². The molecular formula is C12H16N4O. The average molecular weight is 232 g/mol. The van der Waals surface area contributed by atoms with E-state index < -0.39 is 0 Å². The van der Waals surface area contributed by atoms with E-state index in [0.717, 1.165) is 42.3 Å². The van der Waals surface area contributed by atoms with Crippen molar-refractivity contribution >= 4 is 16.7 Å². The lowest BCUT2D eigenvalue weighted by molar-refractivity contribution is 0.353. The molecule has 0 saturated carbocycles. The molecule has 17 heavy (non-hydrogen) atoms. The zero-order valence-electron chi connectivity index (χ0n) is 9.79. The molecule has 1 aromatic heterocycles. The van der Waals surface area contributed by atoms with E-state index in [1.807, 2.05) is 18.2 Å². The molecule has 1 aliphatic rings. The van der Waals surface area contributed by atoms with Crippen molar-refractivity contribution in [2.24, 2.45) is 5.92 Å². The molecule has 5 nitrogen and oxygen atoms in total. The highest BCUT2D eigenvalue weighted by Gasteiger charge is 2.18. The molecular weight excluding hydrogens is 216 g/mol. The summed E-state index contributed by atoms with van der Waals surface area (Å²) in [6.45, 7) is 3.26. The summed E-state index contributed by atoms with van der Waals surface area (Å²) in [4.78, 5) is 18.9. The van der Waals surface area contributed by atoms with E-state index in [0.29, 0.717) is 0 Å². The minimum atomic E-state index is -0.150. The van der Waals surface area contributed by atoms with Gasteiger partial charge in [-0.1, -0.05) is 0 Å². The van der Waals surface area contributed by atoms with Crippen LogP contribution in [-0.4, -0.2) is 36.6 Å². The van der Waals surface area contributed by atoms with Crippen LogP contribution in [0.1, 0.15) is 0 Å². The lowest BCUT2D eigenvalue weighted by atomic mass is 10.0. The summed E-state index contributed by atoms with van der Waals surface area (Å²) in [6.07, 6.45) is 0. The summed E-state index contributed by atoms with van der Waals surface area (Å²) in [5.74, 6) is 0.737. The molecule has 1 saturated heterocycles. The van der Waals surface area contributed by atoms with Crippen molar-refractivity contribution < 1.29 is 0 Å². The molecule has 90 valence electrons. The Hall–Kier alpha value is -1.75. The van der Waals surface area contributed by atoms with Gasteiger partial charge in [-0.05, 0) is 18.2 Å². The molecule has 3 rings (SSSR count). The number of imidazole rings is 1. The Kier molecular flexibility index (Phi) is 2.40. The number of hydrogen-bond donors (Lipinski definition) is 3. The second-order valence-electron chi connectivity index (χ2n) is 4.71. The zero-order valence-corrected chi connectivity index (χ0v) is 9.79. The Morgan fingerprint density at radius 2 is 2.06 bits per heavy atom. The first-order valence-electron chi connectivity index (χ1n) is 5.86. The number of anilines is 1. The van der Waals surface area contributed by atoms with Gasteiger partial charge < -0.3 is 20.2 Å². The van der Waals surface area contributed by atoms with Crippen molar-refractivity contribution in [2.45, 2.75) is 0 Å². The predicted molar refractivity (Wildman–Crippen MR) is 68.5 cm³/mol. The maximum atomic E-state index is 11.2. The van der Waals surface area contributed by atoms with Gasteiger partial charge in [0.05, 0.1) is 11.0 Å². The van der Waals surface area contributed by atoms with Crippen LogP contribution >= 0.6 is 0 Å². The molecule has 0 bridgehead atoms. The van der Waals surface area contributed by atoms with Crippen molar-refractivity contribution in [2.75, 3.05) is 31.6 Å². The first kappa shape index (κ1) is 10.4. The van der Waals surface area contributed by atoms with Gasteiger partial charge in [0, 0.05) is 38.3 Å². The minimum Gasteiger partial charge on any atom is -0.374 e. The molecule has 5 heteroatoms. The number of rotatable bonds is 3. The molecule has 2 aromatic rings. The smallest absolute Gasteiger partial charge is 0.323 e. The van der Waals surface area contributed by atoms with Gasteiger partial charge in [0.25, 0.3) is 0 Å². The van der Waals surface area contributed by atoms with E-state index in [-0.39, 0.29) is 5.69 Å². The molecule has 0 aliphatic carbocycles. The second-order valence-corrected chi connectivity index (χ2v) is 4.71. The van der Waals surface area contributed by atoms with Crippen molar-refractivity contribution in [1.29, 1.82) is 0 Å². The molecule has 0 unspecified atom stereocenters. The Balaban J connectivity index is 1.85. The number of hydrogen-bond acceptors (Lipinski definition) is 3. The summed E-state index contributed by atoms with van der Waals surface area (Å²) in [5, 5.41) is 3.27. The van der Waals surface area contributed by atoms with E-state index in [2.05, 4.69) is 27.2 Å². The highest BCUT2D eigenvalue weighted by atomic mass is 16.1. The Morgan fingerprint density at radius 3 is 2.76 bits per heavy atom. The van der Waals surface area contributed by atoms with Crippen molar-refractivity contribution in [1.82, 2.24) is 15.3 Å². The third kappa shape index (κ3) is 1.93. The largest absolute Gasteiger partial charge is 0.374 e. The Morgan fingerprint density at radius 1 is 1.29 bits per heavy atom. The standard InChI is InChI=1S/C12H16N4O/c1-16(7-8-5-13-6-8)9-2-3-10-11(4-9)15-12(17)14-10/h2-4,8,13H,5-7H2,1H3,(H2,14,15,17). The SMILES string of the molecule is CN(CC1CNC1)c1ccc2[nH]c(=O)[nH]c2c1. The van der Waals surface area contributed by atoms with E-state index in [1.54, 1.807) is 0 Å². The van der Waals surface area contributed by atoms with Gasteiger partial charge in [0.1, 0.15) is 0 Å². The van der Waals surface area contributed by atoms with Crippen LogP contribution in [0.3, 0.4) is 0 Å². The van der Waals surface area contributed by atoms with Crippen molar-refractivity contribution in [3.63, 3.8) is 0 Å². The quantitative estimate of drug-likeness (QED) is 0.722. The summed E-state index contributed by atoms with van der Waals surface area (Å²) in [7, 11) is 2.09. The molecule has 1 aliphatic heterocycles. The van der Waals surface area contributed by atoms with E-state index in [4.69, 9.17) is 0 Å². The molecule has 0 atom stereocenters. The van der Waals surface area contributed by atoms with Gasteiger partial charge in [-0.15, -0.1) is 0 Å². The van der Waals surface area contributed by atoms with Gasteiger partial charge in [-0.25, -0.2) is 4.79 Å². The number of nitrogens with zero attached hydrogens (tertiary/aromatic N) is 1. The number of fused-ring (bicyclic) bond motifs is 1. The molecule has 0 radical (unpaired) electrons. The fourth-order valence-electron chi connectivity index (χ4n) is 2.23. The van der Waals surface area contributed by atoms with Crippen LogP contribution < -0.4 is 15.9 Å². The van der Waals surface area contributed by atoms with Gasteiger partial charge in [0.15, 0.2) is 0 Å². The number of nitrogens with one attached hydrogen (secondary N) is 3. The summed E-state index contributed by atoms with van der Waals surface area (Å²) >= 11 is 0. The highest BCUT2D eigenvalue weighted by molar-refractivity contribution is 5.78. The molecule has 0 spiro atoms. The van der Waals surface area contributed by atoms with Crippen LogP contribution in [0.2, 0.25) is 0 Å². The first-order chi connectivity index (χ1) is 8.22. The molecule has 1 aromatic carbocycles. The molecule has 1 fully saturated rings. The van der Waals surface area contributed by atoms with Crippen LogP contribution in [-0.2, 0) is 0 Å². The molecule has 2 heterocycles. The maximum absolute atomic E-state index is 11.2. The maximum Gasteiger partial charge on any atom is 0.323 e. The normalized spacial score (nSPS) is 16.1. The van der Waals surface area contributed by atoms with Crippen molar-refractivity contribution in [3.05, 3.63) is 28.7 Å². The van der Waals surface area contributed by atoms with Gasteiger partial charge >= 0.3 is 5.69 Å². The van der Waals surface area contributed by atoms with Crippen LogP contribution in [0.4, 0.5) is 5.69 Å². The average Bonchev–Trinajstić information content (AvgIpc) is 2.62. The molecule has 0 amide bonds. The lowest BCUT2D eigenvalue weighted by Gasteiger charge is -2.32. The second kappa shape index (κ2) is 3.92. The van der Waals surface area contributed by atoms with E-state index in [9.17, 15) is 4.79 Å². The summed E-state index contributed by atoms with van der Waals surface area (Å²) < 4.78 is 0. The summed E-state index contributed by atoms with van der Waals surface area (Å²) in [6, 6.07) is 6.00. The predicted octanol–water partition coefficient (Wildman–Crippen LogP) is 0.512. The number of aromatic amines is 2. The van der Waals surface area contributed by atoms with E-state index >= 15 is 0 Å². The number of aromatic nitrogens is 2. The van der Waals surface area contributed by atoms with Gasteiger partial charge in [-0.2, -0.15) is 0 Å². The number of H-pyrrole nitrogens is 2. The fraction of sp³-hybridized carbons (Fsp3) is 0.417. The Labute approximate surface area is 98.8 Å². The van der Waals surface area contributed by atoms with Crippen LogP contribution in [0.5, 0.6) is 0 Å². The monoisotopic (exact) mass is 232 g/mol. The Bertz CT molecular complexity index is 581. The van der Waals surface area contributed by atoms with Crippen LogP contribution in [0.25, 0.3) is 11.0 Å². The minimum absolute atomic E-state index is 0.150. The third-order valence-corrected chi connectivity index (χ3v) is 3.34. The first-order valence-corrected chi connectivity index (χ1v) is 5.86. The summed E-state index contributed by atoms with van der Waals surface area (Å²) in [5.41, 5.74) is 2.71. The zero-order chi connectivity index (χ0) is 11.8. The third-order valence-electron chi connectivity index (χ3n) is 3.34. The lowest BCUT2D eigenvalue weighted by Crippen LogP contribution is -2.47.